The van der Waals surface area contributed by atoms with E-state index in [0.29, 0.717) is 6.42 Å². The molecule has 96 valence electrons. The van der Waals surface area contributed by atoms with Crippen molar-refractivity contribution in [3.05, 3.63) is 35.9 Å². The Labute approximate surface area is 104 Å². The first kappa shape index (κ1) is 14.2. The number of hydrogen-bond donors (Lipinski definition) is 1. The topological polar surface area (TPSA) is 46.2 Å². The van der Waals surface area contributed by atoms with Crippen LogP contribution in [0.2, 0.25) is 0 Å². The van der Waals surface area contributed by atoms with Gasteiger partial charge in [-0.15, -0.1) is 0 Å². The molecule has 3 nitrogen and oxygen atoms in total. The maximum absolute atomic E-state index is 11.7. The van der Waals surface area contributed by atoms with Gasteiger partial charge in [0.2, 0.25) is 10.0 Å². The average molecular weight is 255 g/mol. The molecule has 0 bridgehead atoms. The van der Waals surface area contributed by atoms with Gasteiger partial charge in [-0.2, -0.15) is 0 Å². The van der Waals surface area contributed by atoms with E-state index < -0.39 is 10.0 Å². The molecule has 0 saturated heterocycles. The summed E-state index contributed by atoms with van der Waals surface area (Å²) in [5, 5.41) is 0. The van der Waals surface area contributed by atoms with Crippen LogP contribution >= 0.6 is 0 Å². The lowest BCUT2D eigenvalue weighted by Gasteiger charge is -2.14. The summed E-state index contributed by atoms with van der Waals surface area (Å²) in [6.07, 6.45) is 2.34. The number of rotatable bonds is 7. The lowest BCUT2D eigenvalue weighted by atomic mass is 10.1. The maximum atomic E-state index is 11.7. The van der Waals surface area contributed by atoms with Crippen molar-refractivity contribution in [2.24, 2.45) is 0 Å². The van der Waals surface area contributed by atoms with Gasteiger partial charge in [-0.05, 0) is 25.3 Å². The molecule has 0 heterocycles. The van der Waals surface area contributed by atoms with Gasteiger partial charge in [0.1, 0.15) is 0 Å². The van der Waals surface area contributed by atoms with Crippen molar-refractivity contribution in [2.45, 2.75) is 39.2 Å². The fourth-order valence-corrected chi connectivity index (χ4v) is 3.19. The normalized spacial score (nSPS) is 13.5. The van der Waals surface area contributed by atoms with Gasteiger partial charge >= 0.3 is 0 Å². The summed E-state index contributed by atoms with van der Waals surface area (Å²) in [5.41, 5.74) is 1.15. The van der Waals surface area contributed by atoms with E-state index in [9.17, 15) is 8.42 Å². The summed E-state index contributed by atoms with van der Waals surface area (Å²) in [4.78, 5) is 0. The van der Waals surface area contributed by atoms with Crippen molar-refractivity contribution in [3.63, 3.8) is 0 Å². The van der Waals surface area contributed by atoms with Crippen LogP contribution in [0.15, 0.2) is 30.3 Å². The fraction of sp³-hybridized carbons (Fsp3) is 0.538. The van der Waals surface area contributed by atoms with Crippen LogP contribution in [-0.2, 0) is 16.4 Å². The molecule has 1 aromatic carbocycles. The second kappa shape index (κ2) is 6.77. The molecular weight excluding hydrogens is 234 g/mol. The third-order valence-electron chi connectivity index (χ3n) is 2.53. The third-order valence-corrected chi connectivity index (χ3v) is 4.12. The lowest BCUT2D eigenvalue weighted by Crippen LogP contribution is -2.35. The standard InChI is InChI=1S/C13H21NO2S/c1-3-4-10-17(15,16)14-12(2)11-13-8-6-5-7-9-13/h5-9,12,14H,3-4,10-11H2,1-2H3. The minimum Gasteiger partial charge on any atom is -0.212 e. The minimum absolute atomic E-state index is 0.0562. The third kappa shape index (κ3) is 5.84. The van der Waals surface area contributed by atoms with Crippen LogP contribution < -0.4 is 4.72 Å². The quantitative estimate of drug-likeness (QED) is 0.813. The van der Waals surface area contributed by atoms with E-state index in [4.69, 9.17) is 0 Å². The van der Waals surface area contributed by atoms with Crippen molar-refractivity contribution < 1.29 is 8.42 Å². The Balaban J connectivity index is 2.47. The van der Waals surface area contributed by atoms with Gasteiger partial charge in [0.15, 0.2) is 0 Å². The molecule has 1 atom stereocenters. The van der Waals surface area contributed by atoms with E-state index in [2.05, 4.69) is 4.72 Å². The molecule has 1 N–H and O–H groups in total. The van der Waals surface area contributed by atoms with Crippen LogP contribution in [0, 0.1) is 0 Å². The Morgan fingerprint density at radius 3 is 2.47 bits per heavy atom. The molecule has 0 aliphatic heterocycles. The molecule has 17 heavy (non-hydrogen) atoms. The maximum Gasteiger partial charge on any atom is 0.211 e. The molecule has 1 aromatic rings. The fourth-order valence-electron chi connectivity index (χ4n) is 1.71. The molecule has 0 amide bonds. The number of sulfonamides is 1. The predicted octanol–water partition coefficient (Wildman–Crippen LogP) is 2.34. The van der Waals surface area contributed by atoms with E-state index >= 15 is 0 Å². The van der Waals surface area contributed by atoms with Crippen LogP contribution in [-0.4, -0.2) is 20.2 Å². The SMILES string of the molecule is CCCCS(=O)(=O)NC(C)Cc1ccccc1. The van der Waals surface area contributed by atoms with Crippen molar-refractivity contribution >= 4 is 10.0 Å². The summed E-state index contributed by atoms with van der Waals surface area (Å²) in [6.45, 7) is 3.89. The highest BCUT2D eigenvalue weighted by Crippen LogP contribution is 2.04. The highest BCUT2D eigenvalue weighted by atomic mass is 32.2. The number of benzene rings is 1. The number of hydrogen-bond acceptors (Lipinski definition) is 2. The van der Waals surface area contributed by atoms with Gasteiger partial charge < -0.3 is 0 Å². The molecule has 0 fully saturated rings. The van der Waals surface area contributed by atoms with Crippen LogP contribution in [0.4, 0.5) is 0 Å². The van der Waals surface area contributed by atoms with Gasteiger partial charge in [0.25, 0.3) is 0 Å². The smallest absolute Gasteiger partial charge is 0.211 e. The largest absolute Gasteiger partial charge is 0.212 e. The van der Waals surface area contributed by atoms with Gasteiger partial charge in [-0.3, -0.25) is 0 Å². The molecule has 0 aliphatic rings. The lowest BCUT2D eigenvalue weighted by molar-refractivity contribution is 0.557. The summed E-state index contributed by atoms with van der Waals surface area (Å²) in [7, 11) is -3.11. The van der Waals surface area contributed by atoms with Crippen LogP contribution in [0.25, 0.3) is 0 Å². The molecule has 1 unspecified atom stereocenters. The molecule has 0 spiro atoms. The van der Waals surface area contributed by atoms with Crippen LogP contribution in [0.5, 0.6) is 0 Å². The van der Waals surface area contributed by atoms with Crippen LogP contribution in [0.1, 0.15) is 32.3 Å². The van der Waals surface area contributed by atoms with E-state index in [1.807, 2.05) is 44.2 Å². The van der Waals surface area contributed by atoms with Gasteiger partial charge in [-0.1, -0.05) is 43.7 Å². The first-order valence-electron chi connectivity index (χ1n) is 6.07. The second-order valence-electron chi connectivity index (χ2n) is 4.38. The van der Waals surface area contributed by atoms with Gasteiger partial charge in [-0.25, -0.2) is 13.1 Å². The Morgan fingerprint density at radius 2 is 1.88 bits per heavy atom. The van der Waals surface area contributed by atoms with Crippen LogP contribution in [0.3, 0.4) is 0 Å². The second-order valence-corrected chi connectivity index (χ2v) is 6.25. The molecule has 0 aliphatic carbocycles. The summed E-state index contributed by atoms with van der Waals surface area (Å²) in [5.74, 6) is 0.225. The van der Waals surface area contributed by atoms with E-state index in [1.54, 1.807) is 0 Å². The summed E-state index contributed by atoms with van der Waals surface area (Å²) >= 11 is 0. The molecule has 0 aromatic heterocycles. The van der Waals surface area contributed by atoms with Crippen molar-refractivity contribution in [2.75, 3.05) is 5.75 Å². The molecule has 1 rings (SSSR count). The predicted molar refractivity (Wildman–Crippen MR) is 71.4 cm³/mol. The Bertz CT molecular complexity index is 414. The van der Waals surface area contributed by atoms with E-state index in [-0.39, 0.29) is 11.8 Å². The molecule has 0 saturated carbocycles. The molecule has 4 heteroatoms. The Morgan fingerprint density at radius 1 is 1.24 bits per heavy atom. The number of nitrogens with one attached hydrogen (secondary N) is 1. The zero-order chi connectivity index (χ0) is 12.7. The zero-order valence-electron chi connectivity index (χ0n) is 10.5. The van der Waals surface area contributed by atoms with Gasteiger partial charge in [0, 0.05) is 6.04 Å². The molecular formula is C13H21NO2S. The average Bonchev–Trinajstić information content (AvgIpc) is 2.27. The van der Waals surface area contributed by atoms with E-state index in [1.165, 1.54) is 0 Å². The van der Waals surface area contributed by atoms with Crippen molar-refractivity contribution in [3.8, 4) is 0 Å². The highest BCUT2D eigenvalue weighted by molar-refractivity contribution is 7.89. The van der Waals surface area contributed by atoms with Gasteiger partial charge in [0.05, 0.1) is 5.75 Å². The number of unbranched alkanes of at least 4 members (excludes halogenated alkanes) is 1. The minimum atomic E-state index is -3.11. The summed E-state index contributed by atoms with van der Waals surface area (Å²) in [6, 6.07) is 9.86. The van der Waals surface area contributed by atoms with Crippen molar-refractivity contribution in [1.29, 1.82) is 0 Å². The Kier molecular flexibility index (Phi) is 5.65. The highest BCUT2D eigenvalue weighted by Gasteiger charge is 2.13. The van der Waals surface area contributed by atoms with Crippen molar-refractivity contribution in [1.82, 2.24) is 4.72 Å². The summed E-state index contributed by atoms with van der Waals surface area (Å²) < 4.78 is 26.1. The molecule has 0 radical (unpaired) electrons. The Hall–Kier alpha value is -0.870. The van der Waals surface area contributed by atoms with E-state index in [0.717, 1.165) is 18.4 Å². The first-order chi connectivity index (χ1) is 8.03. The zero-order valence-corrected chi connectivity index (χ0v) is 11.3. The first-order valence-corrected chi connectivity index (χ1v) is 7.72. The monoisotopic (exact) mass is 255 g/mol.